The Kier molecular flexibility index (Phi) is 22.8. The van der Waals surface area contributed by atoms with E-state index in [2.05, 4.69) is 388 Å². The van der Waals surface area contributed by atoms with Crippen LogP contribution in [0.4, 0.5) is 17.1 Å². The van der Waals surface area contributed by atoms with Gasteiger partial charge in [0.25, 0.3) is 0 Å². The molecule has 9 heteroatoms. The molecule has 0 fully saturated rings. The zero-order valence-electron chi connectivity index (χ0n) is 82.7. The summed E-state index contributed by atoms with van der Waals surface area (Å²) in [5.41, 5.74) is 11.8. The van der Waals surface area contributed by atoms with Crippen LogP contribution < -0.4 is 23.8 Å². The van der Waals surface area contributed by atoms with Gasteiger partial charge < -0.3 is 28.6 Å². The Balaban J connectivity index is 1.02. The minimum atomic E-state index is -0.750. The van der Waals surface area contributed by atoms with Crippen LogP contribution in [0.1, 0.15) is 300 Å². The van der Waals surface area contributed by atoms with Crippen molar-refractivity contribution in [3.8, 4) is 56.4 Å². The Bertz CT molecular complexity index is 6520. The van der Waals surface area contributed by atoms with Crippen molar-refractivity contribution in [3.05, 3.63) is 256 Å². The molecule has 0 saturated heterocycles. The molecule has 15 aromatic rings. The Hall–Kier alpha value is -10.7. The zero-order chi connectivity index (χ0) is 93.2. The van der Waals surface area contributed by atoms with Crippen molar-refractivity contribution < 1.29 is 33.3 Å². The summed E-state index contributed by atoms with van der Waals surface area (Å²) in [6.45, 7) is 69.8. The quantitative estimate of drug-likeness (QED) is 0.0256. The molecule has 8 nitrogen and oxygen atoms in total. The fraction of sp³-hybridized carbons (Fsp3) is 0.400. The smallest absolute Gasteiger partial charge is 0.346 e. The number of hydrogen-bond donors (Lipinski definition) is 0. The lowest BCUT2D eigenvalue weighted by molar-refractivity contribution is 0.0390. The molecule has 0 radical (unpaired) electrons. The molecule has 1 aromatic heterocycles. The molecule has 670 valence electrons. The molecule has 1 aliphatic rings. The van der Waals surface area contributed by atoms with Crippen LogP contribution in [0.15, 0.2) is 212 Å². The molecule has 14 aromatic carbocycles. The van der Waals surface area contributed by atoms with E-state index >= 15 is 0 Å². The SMILES string of the molecule is CC(C)(C)CC(C)(C)c1ccc(Oc2ccc3c(-c4sccc4N(c4ccc(C(C)(C)CC(C)(C)C)cc4)c4ccc(C(C)(C)CC(C)(C)C)cc4)cc(Oc4ccc(C(C)(C)CC(C)(C)C)cc4)c4c5ccc6c7c(Oc8ccc(C(C)(C)CC(C)(C)C)cc8)cc8c9c(cc(Oc%10ccc(C(C)(C)CC(C)(C)C)cc%10)c(c%10ccc(c2c34)c5c%106)c97)C(=O)OC8=O)cc1. The van der Waals surface area contributed by atoms with Crippen LogP contribution >= 0.6 is 11.3 Å². The molecule has 2 heterocycles. The summed E-state index contributed by atoms with van der Waals surface area (Å²) in [5.74, 6) is 3.26. The van der Waals surface area contributed by atoms with Crippen LogP contribution in [0.5, 0.6) is 46.0 Å². The first-order chi connectivity index (χ1) is 59.9. The lowest BCUT2D eigenvalue weighted by Crippen LogP contribution is -2.25. The van der Waals surface area contributed by atoms with E-state index in [9.17, 15) is 9.59 Å². The van der Waals surface area contributed by atoms with Crippen LogP contribution in [0.25, 0.3) is 85.8 Å². The molecule has 0 spiro atoms. The first-order valence-corrected chi connectivity index (χ1v) is 47.7. The lowest BCUT2D eigenvalue weighted by Gasteiger charge is -2.34. The van der Waals surface area contributed by atoms with Gasteiger partial charge in [0.2, 0.25) is 0 Å². The largest absolute Gasteiger partial charge is 0.457 e. The van der Waals surface area contributed by atoms with Crippen molar-refractivity contribution >= 4 is 116 Å². The fourth-order valence-electron chi connectivity index (χ4n) is 23.7. The van der Waals surface area contributed by atoms with E-state index in [4.69, 9.17) is 23.7 Å². The minimum absolute atomic E-state index is 0.0754. The van der Waals surface area contributed by atoms with Gasteiger partial charge in [0.15, 0.2) is 0 Å². The van der Waals surface area contributed by atoms with Crippen molar-refractivity contribution in [2.75, 3.05) is 4.90 Å². The van der Waals surface area contributed by atoms with Crippen LogP contribution in [-0.2, 0) is 37.2 Å². The summed E-state index contributed by atoms with van der Waals surface area (Å²) in [7, 11) is 0. The number of cyclic esters (lactones) is 2. The Morgan fingerprint density at radius 2 is 0.496 bits per heavy atom. The van der Waals surface area contributed by atoms with Crippen LogP contribution in [0.2, 0.25) is 0 Å². The molecule has 0 aliphatic carbocycles. The maximum Gasteiger partial charge on any atom is 0.346 e. The molecule has 0 saturated carbocycles. The van der Waals surface area contributed by atoms with Crippen molar-refractivity contribution in [1.82, 2.24) is 0 Å². The van der Waals surface area contributed by atoms with Crippen molar-refractivity contribution in [3.63, 3.8) is 0 Å². The van der Waals surface area contributed by atoms with E-state index in [-0.39, 0.29) is 76.1 Å². The van der Waals surface area contributed by atoms with Gasteiger partial charge in [0.1, 0.15) is 46.0 Å². The highest BCUT2D eigenvalue weighted by molar-refractivity contribution is 7.14. The van der Waals surface area contributed by atoms with Gasteiger partial charge >= 0.3 is 11.9 Å². The monoisotopic (exact) mass is 1740 g/mol. The van der Waals surface area contributed by atoms with Gasteiger partial charge in [-0.2, -0.15) is 0 Å². The van der Waals surface area contributed by atoms with Gasteiger partial charge in [-0.15, -0.1) is 11.3 Å². The van der Waals surface area contributed by atoms with Crippen LogP contribution in [-0.4, -0.2) is 11.9 Å². The number of anilines is 3. The normalized spacial score (nSPS) is 13.9. The number of esters is 2. The van der Waals surface area contributed by atoms with Gasteiger partial charge in [0, 0.05) is 54.6 Å². The molecule has 0 bridgehead atoms. The minimum Gasteiger partial charge on any atom is -0.457 e. The number of nitrogens with zero attached hydrogens (tertiary/aromatic N) is 1. The molecule has 16 rings (SSSR count). The van der Waals surface area contributed by atoms with E-state index in [0.29, 0.717) is 67.5 Å². The molecular formula is C120H137NO7S. The van der Waals surface area contributed by atoms with E-state index in [1.54, 1.807) is 23.5 Å². The Morgan fingerprint density at radius 3 is 0.783 bits per heavy atom. The van der Waals surface area contributed by atoms with E-state index in [1.165, 1.54) is 33.4 Å². The number of benzene rings is 14. The molecule has 0 unspecified atom stereocenters. The second kappa shape index (κ2) is 32.1. The summed E-state index contributed by atoms with van der Waals surface area (Å²) >= 11 is 1.74. The third-order valence-corrected chi connectivity index (χ3v) is 27.6. The summed E-state index contributed by atoms with van der Waals surface area (Å²) in [5, 5.41) is 14.1. The highest BCUT2D eigenvalue weighted by atomic mass is 32.1. The third kappa shape index (κ3) is 18.5. The third-order valence-electron chi connectivity index (χ3n) is 26.7. The zero-order valence-corrected chi connectivity index (χ0v) is 83.5. The number of thiophene rings is 1. The first kappa shape index (κ1) is 91.6. The van der Waals surface area contributed by atoms with Gasteiger partial charge in [-0.1, -0.05) is 305 Å². The maximum absolute atomic E-state index is 14.9. The summed E-state index contributed by atoms with van der Waals surface area (Å²) in [6, 6.07) is 74.9. The number of fused-ring (bicyclic) bond motifs is 4. The molecule has 0 amide bonds. The highest BCUT2D eigenvalue weighted by Crippen LogP contribution is 2.60. The number of carbonyl (C=O) groups is 2. The Morgan fingerprint density at radius 1 is 0.248 bits per heavy atom. The second-order valence-electron chi connectivity index (χ2n) is 49.0. The molecule has 1 aliphatic heterocycles. The van der Waals surface area contributed by atoms with Gasteiger partial charge in [-0.3, -0.25) is 0 Å². The second-order valence-corrected chi connectivity index (χ2v) is 50.0. The summed E-state index contributed by atoms with van der Waals surface area (Å²) in [4.78, 5) is 33.3. The van der Waals surface area contributed by atoms with E-state index in [0.717, 1.165) is 120 Å². The van der Waals surface area contributed by atoms with Crippen molar-refractivity contribution in [1.29, 1.82) is 0 Å². The molecular weight excluding hydrogens is 1600 g/mol. The molecule has 129 heavy (non-hydrogen) atoms. The average Bonchev–Trinajstić information content (AvgIpc) is 0.955. The number of hydrogen-bond acceptors (Lipinski definition) is 9. The number of rotatable bonds is 24. The van der Waals surface area contributed by atoms with Crippen LogP contribution in [0.3, 0.4) is 0 Å². The average molecular weight is 1740 g/mol. The maximum atomic E-state index is 14.9. The fourth-order valence-corrected chi connectivity index (χ4v) is 24.6. The predicted octanol–water partition coefficient (Wildman–Crippen LogP) is 36.6. The van der Waals surface area contributed by atoms with Crippen molar-refractivity contribution in [2.24, 2.45) is 32.5 Å². The first-order valence-electron chi connectivity index (χ1n) is 46.8. The predicted molar refractivity (Wildman–Crippen MR) is 548 cm³/mol. The van der Waals surface area contributed by atoms with E-state index < -0.39 is 11.9 Å². The van der Waals surface area contributed by atoms with Crippen LogP contribution in [0, 0.1) is 32.5 Å². The number of carbonyl (C=O) groups excluding carboxylic acids is 2. The molecule has 0 atom stereocenters. The van der Waals surface area contributed by atoms with Gasteiger partial charge in [-0.25, -0.2) is 9.59 Å². The molecule has 0 N–H and O–H groups in total. The highest BCUT2D eigenvalue weighted by Gasteiger charge is 2.39. The van der Waals surface area contributed by atoms with E-state index in [1.807, 2.05) is 24.3 Å². The Labute approximate surface area is 772 Å². The van der Waals surface area contributed by atoms with Gasteiger partial charge in [0.05, 0.1) is 21.7 Å². The topological polar surface area (TPSA) is 83.5 Å². The lowest BCUT2D eigenvalue weighted by atomic mass is 9.72. The van der Waals surface area contributed by atoms with Gasteiger partial charge in [-0.05, 0) is 289 Å². The number of ether oxygens (including phenoxy) is 5. The summed E-state index contributed by atoms with van der Waals surface area (Å²) < 4.78 is 36.2. The standard InChI is InChI=1S/C120H137NO7S/c1-109(2,3)66-115(19,20)72-31-43-78(44-32-72)121(79-45-33-73(34-46-79)116(21,22)67-110(4,5)6)92-61-62-129-106(92)89-63-94(125-81-49-37-75(38-50-81)118(25,26)69-112(10,11)12)101-86-56-58-88-98-87(57-55-85(97(86)98)100-93(60-59-84(89)104(100)101)124-80-47-35-74(36-48-80)117(23,24)68-111(7,8)9)102-95(126-82-51-39-76(40-52-82)119(27,28)70-113(13,14)15)64-90-99-91(108(123)128-107(90)122)65-96(103(88)105(99)102)127-83-53-41-77(42-54-83)120(29,30)71-114(16,17)18/h31-65H,66-71H2,1-30H3. The summed E-state index contributed by atoms with van der Waals surface area (Å²) in [6.07, 6.45) is 5.94. The van der Waals surface area contributed by atoms with Crippen molar-refractivity contribution in [2.45, 2.75) is 279 Å².